The molecule has 29 heavy (non-hydrogen) atoms. The number of hydrogen-bond donors (Lipinski definition) is 1. The highest BCUT2D eigenvalue weighted by atomic mass is 32.2. The first kappa shape index (κ1) is 20.1. The van der Waals surface area contributed by atoms with Crippen LogP contribution < -0.4 is 5.32 Å². The Morgan fingerprint density at radius 2 is 2.03 bits per heavy atom. The fourth-order valence-corrected chi connectivity index (χ4v) is 5.11. The standard InChI is InChI=1S/C20H21F3N4OS/c1-18(2)13-7-8-19(18,3)16-15(13)26-27-17(25-16)29-10-14(28)24-12-6-4-5-11(9-12)20(21,22)23/h4-6,9,13H,7-8,10H2,1-3H3,(H,24,28)/t13-,19+/m0/s1. The van der Waals surface area contributed by atoms with E-state index in [9.17, 15) is 18.0 Å². The van der Waals surface area contributed by atoms with E-state index in [1.165, 1.54) is 12.1 Å². The summed E-state index contributed by atoms with van der Waals surface area (Å²) in [5.74, 6) is -0.0856. The van der Waals surface area contributed by atoms with Crippen molar-refractivity contribution in [3.63, 3.8) is 0 Å². The molecule has 1 fully saturated rings. The summed E-state index contributed by atoms with van der Waals surface area (Å²) in [6.45, 7) is 6.69. The lowest BCUT2D eigenvalue weighted by atomic mass is 9.70. The molecule has 5 nitrogen and oxygen atoms in total. The van der Waals surface area contributed by atoms with Gasteiger partial charge >= 0.3 is 6.18 Å². The second kappa shape index (κ2) is 6.68. The summed E-state index contributed by atoms with van der Waals surface area (Å²) in [5, 5.41) is 11.5. The highest BCUT2D eigenvalue weighted by Gasteiger charge is 2.61. The van der Waals surface area contributed by atoms with Gasteiger partial charge < -0.3 is 5.32 Å². The van der Waals surface area contributed by atoms with Crippen molar-refractivity contribution < 1.29 is 18.0 Å². The average molecular weight is 422 g/mol. The third-order valence-electron chi connectivity index (χ3n) is 6.58. The number of halogens is 3. The van der Waals surface area contributed by atoms with Gasteiger partial charge in [-0.1, -0.05) is 38.6 Å². The third-order valence-corrected chi connectivity index (χ3v) is 7.42. The van der Waals surface area contributed by atoms with Crippen LogP contribution >= 0.6 is 11.8 Å². The Morgan fingerprint density at radius 1 is 1.28 bits per heavy atom. The maximum absolute atomic E-state index is 12.8. The van der Waals surface area contributed by atoms with Gasteiger partial charge in [-0.25, -0.2) is 4.98 Å². The first-order chi connectivity index (χ1) is 13.5. The smallest absolute Gasteiger partial charge is 0.325 e. The summed E-state index contributed by atoms with van der Waals surface area (Å²) in [6, 6.07) is 4.56. The number of rotatable bonds is 4. The highest BCUT2D eigenvalue weighted by Crippen LogP contribution is 2.66. The van der Waals surface area contributed by atoms with Crippen molar-refractivity contribution in [3.05, 3.63) is 41.2 Å². The first-order valence-electron chi connectivity index (χ1n) is 9.37. The fraction of sp³-hybridized carbons (Fsp3) is 0.500. The molecule has 1 amide bonds. The minimum Gasteiger partial charge on any atom is -0.325 e. The van der Waals surface area contributed by atoms with Crippen LogP contribution in [0.2, 0.25) is 0 Å². The summed E-state index contributed by atoms with van der Waals surface area (Å²) in [6.07, 6.45) is -2.32. The number of amides is 1. The van der Waals surface area contributed by atoms with Crippen LogP contribution in [0.25, 0.3) is 0 Å². The largest absolute Gasteiger partial charge is 0.416 e. The lowest BCUT2D eigenvalue weighted by Crippen LogP contribution is -2.32. The minimum atomic E-state index is -4.46. The molecule has 2 aliphatic carbocycles. The highest BCUT2D eigenvalue weighted by molar-refractivity contribution is 7.99. The number of anilines is 1. The SMILES string of the molecule is CC1(C)[C@H]2CC[C@]1(C)c1nc(SCC(=O)Nc3cccc(C(F)(F)F)c3)nnc12. The Balaban J connectivity index is 1.43. The monoisotopic (exact) mass is 422 g/mol. The van der Waals surface area contributed by atoms with E-state index < -0.39 is 17.6 Å². The lowest BCUT2D eigenvalue weighted by molar-refractivity contribution is -0.137. The average Bonchev–Trinajstić information content (AvgIpc) is 2.98. The van der Waals surface area contributed by atoms with Crippen molar-refractivity contribution >= 4 is 23.4 Å². The van der Waals surface area contributed by atoms with Gasteiger partial charge in [-0.05, 0) is 36.5 Å². The number of nitrogens with zero attached hydrogens (tertiary/aromatic N) is 3. The molecule has 1 aromatic carbocycles. The summed E-state index contributed by atoms with van der Waals surface area (Å²) in [4.78, 5) is 16.9. The van der Waals surface area contributed by atoms with Gasteiger partial charge in [-0.15, -0.1) is 5.10 Å². The molecule has 1 heterocycles. The zero-order valence-corrected chi connectivity index (χ0v) is 17.1. The Bertz CT molecular complexity index is 978. The number of carbonyl (C=O) groups excluding carboxylic acids is 1. The number of hydrogen-bond acceptors (Lipinski definition) is 5. The van der Waals surface area contributed by atoms with Crippen molar-refractivity contribution in [2.45, 2.75) is 56.3 Å². The molecule has 1 N–H and O–H groups in total. The predicted molar refractivity (Wildman–Crippen MR) is 104 cm³/mol. The maximum Gasteiger partial charge on any atom is 0.416 e. The summed E-state index contributed by atoms with van der Waals surface area (Å²) in [5.41, 5.74) is 1.24. The molecule has 154 valence electrons. The van der Waals surface area contributed by atoms with Crippen molar-refractivity contribution in [2.24, 2.45) is 5.41 Å². The Hall–Kier alpha value is -2.16. The third kappa shape index (κ3) is 3.29. The molecule has 0 aliphatic heterocycles. The van der Waals surface area contributed by atoms with Crippen LogP contribution in [-0.2, 0) is 16.4 Å². The van der Waals surface area contributed by atoms with Gasteiger partial charge in [-0.3, -0.25) is 4.79 Å². The van der Waals surface area contributed by atoms with Crippen molar-refractivity contribution in [3.8, 4) is 0 Å². The van der Waals surface area contributed by atoms with Crippen LogP contribution in [0.3, 0.4) is 0 Å². The van der Waals surface area contributed by atoms with Crippen LogP contribution in [0.15, 0.2) is 29.4 Å². The molecule has 0 unspecified atom stereocenters. The van der Waals surface area contributed by atoms with Gasteiger partial charge in [0.05, 0.1) is 22.7 Å². The van der Waals surface area contributed by atoms with Gasteiger partial charge in [0.1, 0.15) is 0 Å². The molecule has 2 aromatic rings. The van der Waals surface area contributed by atoms with Crippen molar-refractivity contribution in [1.29, 1.82) is 0 Å². The van der Waals surface area contributed by atoms with E-state index in [0.717, 1.165) is 48.1 Å². The van der Waals surface area contributed by atoms with E-state index in [4.69, 9.17) is 0 Å². The van der Waals surface area contributed by atoms with Gasteiger partial charge in [-0.2, -0.15) is 18.3 Å². The van der Waals surface area contributed by atoms with Gasteiger partial charge in [0, 0.05) is 17.0 Å². The first-order valence-corrected chi connectivity index (χ1v) is 10.4. The van der Waals surface area contributed by atoms with Gasteiger partial charge in [0.2, 0.25) is 11.1 Å². The summed E-state index contributed by atoms with van der Waals surface area (Å²) >= 11 is 1.13. The van der Waals surface area contributed by atoms with Crippen molar-refractivity contribution in [1.82, 2.24) is 15.2 Å². The van der Waals surface area contributed by atoms with Crippen LogP contribution in [0.1, 0.15) is 56.5 Å². The number of benzene rings is 1. The molecule has 9 heteroatoms. The number of carbonyl (C=O) groups is 1. The zero-order chi connectivity index (χ0) is 21.0. The van der Waals surface area contributed by atoms with Gasteiger partial charge in [0.15, 0.2) is 0 Å². The Labute approximate surface area is 170 Å². The van der Waals surface area contributed by atoms with E-state index in [-0.39, 0.29) is 22.3 Å². The lowest BCUT2D eigenvalue weighted by Gasteiger charge is -2.33. The number of thioether (sulfide) groups is 1. The number of nitrogens with one attached hydrogen (secondary N) is 1. The number of alkyl halides is 3. The molecule has 0 saturated heterocycles. The molecule has 2 bridgehead atoms. The summed E-state index contributed by atoms with van der Waals surface area (Å²) < 4.78 is 38.4. The predicted octanol–water partition coefficient (Wildman–Crippen LogP) is 4.80. The molecule has 1 aromatic heterocycles. The zero-order valence-electron chi connectivity index (χ0n) is 16.3. The maximum atomic E-state index is 12.8. The molecule has 4 rings (SSSR count). The fourth-order valence-electron chi connectivity index (χ4n) is 4.52. The Kier molecular flexibility index (Phi) is 4.64. The van der Waals surface area contributed by atoms with E-state index in [1.54, 1.807) is 0 Å². The van der Waals surface area contributed by atoms with Crippen LogP contribution in [0.4, 0.5) is 18.9 Å². The molecule has 0 spiro atoms. The van der Waals surface area contributed by atoms with E-state index >= 15 is 0 Å². The topological polar surface area (TPSA) is 67.8 Å². The Morgan fingerprint density at radius 3 is 2.76 bits per heavy atom. The number of fused-ring (bicyclic) bond motifs is 5. The van der Waals surface area contributed by atoms with E-state index in [1.807, 2.05) is 0 Å². The quantitative estimate of drug-likeness (QED) is 0.717. The van der Waals surface area contributed by atoms with Gasteiger partial charge in [0.25, 0.3) is 0 Å². The van der Waals surface area contributed by atoms with E-state index in [2.05, 4.69) is 41.3 Å². The van der Waals surface area contributed by atoms with Crippen LogP contribution in [0.5, 0.6) is 0 Å². The van der Waals surface area contributed by atoms with E-state index in [0.29, 0.717) is 11.1 Å². The second-order valence-corrected chi connectivity index (χ2v) is 9.33. The van der Waals surface area contributed by atoms with Crippen molar-refractivity contribution in [2.75, 3.05) is 11.1 Å². The summed E-state index contributed by atoms with van der Waals surface area (Å²) in [7, 11) is 0. The molecule has 2 atom stereocenters. The normalized spacial score (nSPS) is 24.4. The molecule has 2 aliphatic rings. The molecular weight excluding hydrogens is 401 g/mol. The van der Waals surface area contributed by atoms with Crippen LogP contribution in [0, 0.1) is 5.41 Å². The molecular formula is C20H21F3N4OS. The minimum absolute atomic E-state index is 0.0136. The molecule has 1 saturated carbocycles. The second-order valence-electron chi connectivity index (χ2n) is 8.39. The van der Waals surface area contributed by atoms with Crippen LogP contribution in [-0.4, -0.2) is 26.8 Å². The molecule has 0 radical (unpaired) electrons. The number of aromatic nitrogens is 3.